The molecule has 5 rings (SSSR count). The van der Waals surface area contributed by atoms with E-state index in [1.807, 2.05) is 0 Å². The molecule has 184 valence electrons. The molecule has 0 bridgehead atoms. The first-order valence-corrected chi connectivity index (χ1v) is 11.3. The predicted molar refractivity (Wildman–Crippen MR) is 126 cm³/mol. The largest absolute Gasteiger partial charge is 0.389 e. The number of aliphatic hydroxyl groups is 1. The number of para-hydroxylation sites is 1. The topological polar surface area (TPSA) is 88.3 Å². The Morgan fingerprint density at radius 3 is 2.44 bits per heavy atom. The summed E-state index contributed by atoms with van der Waals surface area (Å²) in [5.41, 5.74) is 0.114. The number of carbonyl (C=O) groups is 1. The molecule has 1 amide bonds. The number of aromatic nitrogens is 3. The number of hydrogen-bond acceptors (Lipinski definition) is 5. The lowest BCUT2D eigenvalue weighted by molar-refractivity contribution is -0.141. The van der Waals surface area contributed by atoms with Crippen LogP contribution in [0.3, 0.4) is 0 Å². The molecule has 0 saturated carbocycles. The van der Waals surface area contributed by atoms with Crippen molar-refractivity contribution in [1.82, 2.24) is 19.4 Å². The van der Waals surface area contributed by atoms with E-state index >= 15 is 0 Å². The number of nitrogens with zero attached hydrogens (tertiary/aromatic N) is 4. The number of pyridine rings is 1. The number of likely N-dealkylation sites (tertiary alicyclic amines) is 1. The minimum atomic E-state index is -0.948. The highest BCUT2D eigenvalue weighted by atomic mass is 19.1. The van der Waals surface area contributed by atoms with Gasteiger partial charge in [0.25, 0.3) is 5.56 Å². The highest BCUT2D eigenvalue weighted by molar-refractivity contribution is 5.92. The molecule has 0 aliphatic carbocycles. The second kappa shape index (κ2) is 9.19. The molecule has 0 unspecified atom stereocenters. The van der Waals surface area contributed by atoms with Crippen LogP contribution in [0.2, 0.25) is 0 Å². The number of rotatable bonds is 5. The van der Waals surface area contributed by atoms with E-state index in [0.717, 1.165) is 22.8 Å². The van der Waals surface area contributed by atoms with Gasteiger partial charge < -0.3 is 10.0 Å². The van der Waals surface area contributed by atoms with Crippen molar-refractivity contribution in [3.05, 3.63) is 87.7 Å². The van der Waals surface area contributed by atoms with Crippen LogP contribution in [0.1, 0.15) is 17.8 Å². The van der Waals surface area contributed by atoms with Crippen molar-refractivity contribution in [2.45, 2.75) is 25.9 Å². The average molecular weight is 494 g/mol. The standard InChI is InChI=1S/C26H21F3N4O3/c1-14-11-15(27)5-6-17(14)24-18-7-9-23(36)33(25-19(28)3-2-4-20(25)29)26(18)31-21(30-24)8-10-22(35)32-12-16(34)13-32/h2-7,9,11,16,34H,8,10,12-13H2,1H3. The number of amides is 1. The van der Waals surface area contributed by atoms with Crippen LogP contribution in [-0.4, -0.2) is 49.6 Å². The Kier molecular flexibility index (Phi) is 6.05. The van der Waals surface area contributed by atoms with E-state index < -0.39 is 34.8 Å². The number of aliphatic hydroxyl groups excluding tert-OH is 1. The maximum absolute atomic E-state index is 14.7. The van der Waals surface area contributed by atoms with Gasteiger partial charge in [-0.05, 0) is 48.9 Å². The van der Waals surface area contributed by atoms with Crippen LogP contribution >= 0.6 is 0 Å². The molecule has 1 N–H and O–H groups in total. The van der Waals surface area contributed by atoms with E-state index in [1.165, 1.54) is 35.2 Å². The minimum Gasteiger partial charge on any atom is -0.389 e. The molecule has 3 heterocycles. The van der Waals surface area contributed by atoms with E-state index in [2.05, 4.69) is 9.97 Å². The third kappa shape index (κ3) is 4.24. The summed E-state index contributed by atoms with van der Waals surface area (Å²) < 4.78 is 44.1. The summed E-state index contributed by atoms with van der Waals surface area (Å²) in [6.45, 7) is 2.20. The van der Waals surface area contributed by atoms with Gasteiger partial charge in [-0.15, -0.1) is 0 Å². The zero-order chi connectivity index (χ0) is 25.6. The highest BCUT2D eigenvalue weighted by Crippen LogP contribution is 2.30. The number of benzene rings is 2. The Morgan fingerprint density at radius 2 is 1.78 bits per heavy atom. The molecule has 0 spiro atoms. The summed E-state index contributed by atoms with van der Waals surface area (Å²) in [6.07, 6.45) is -0.424. The number of halogens is 3. The Bertz CT molecular complexity index is 1540. The SMILES string of the molecule is Cc1cc(F)ccc1-c1nc(CCC(=O)N2CC(O)C2)nc2c1ccc(=O)n2-c1c(F)cccc1F. The molecule has 1 fully saturated rings. The fourth-order valence-electron chi connectivity index (χ4n) is 4.32. The summed E-state index contributed by atoms with van der Waals surface area (Å²) in [4.78, 5) is 35.9. The van der Waals surface area contributed by atoms with Crippen LogP contribution in [0.25, 0.3) is 28.0 Å². The second-order valence-electron chi connectivity index (χ2n) is 8.71. The maximum Gasteiger partial charge on any atom is 0.256 e. The molecule has 0 radical (unpaired) electrons. The molecule has 7 nitrogen and oxygen atoms in total. The lowest BCUT2D eigenvalue weighted by Gasteiger charge is -2.35. The van der Waals surface area contributed by atoms with Gasteiger partial charge in [0.05, 0.1) is 11.8 Å². The molecular weight excluding hydrogens is 473 g/mol. The van der Waals surface area contributed by atoms with Crippen molar-refractivity contribution in [2.75, 3.05) is 13.1 Å². The number of carbonyl (C=O) groups excluding carboxylic acids is 1. The van der Waals surface area contributed by atoms with Crippen molar-refractivity contribution in [3.8, 4) is 16.9 Å². The van der Waals surface area contributed by atoms with Crippen LogP contribution in [0, 0.1) is 24.4 Å². The number of hydrogen-bond donors (Lipinski definition) is 1. The van der Waals surface area contributed by atoms with Gasteiger partial charge >= 0.3 is 0 Å². The molecule has 1 aliphatic rings. The summed E-state index contributed by atoms with van der Waals surface area (Å²) in [5, 5.41) is 9.78. The van der Waals surface area contributed by atoms with E-state index in [1.54, 1.807) is 6.92 Å². The van der Waals surface area contributed by atoms with Gasteiger partial charge in [-0.25, -0.2) is 23.1 Å². The molecule has 2 aromatic carbocycles. The third-order valence-electron chi connectivity index (χ3n) is 6.18. The predicted octanol–water partition coefficient (Wildman–Crippen LogP) is 3.31. The molecule has 1 aliphatic heterocycles. The Labute approximate surface area is 203 Å². The average Bonchev–Trinajstić information content (AvgIpc) is 2.81. The van der Waals surface area contributed by atoms with Crippen LogP contribution in [0.5, 0.6) is 0 Å². The van der Waals surface area contributed by atoms with Crippen molar-refractivity contribution in [3.63, 3.8) is 0 Å². The van der Waals surface area contributed by atoms with E-state index in [0.29, 0.717) is 22.2 Å². The fourth-order valence-corrected chi connectivity index (χ4v) is 4.32. The molecule has 0 atom stereocenters. The van der Waals surface area contributed by atoms with Gasteiger partial charge in [0.1, 0.15) is 29.0 Å². The van der Waals surface area contributed by atoms with E-state index in [-0.39, 0.29) is 43.3 Å². The van der Waals surface area contributed by atoms with Crippen molar-refractivity contribution >= 4 is 16.9 Å². The smallest absolute Gasteiger partial charge is 0.256 e. The van der Waals surface area contributed by atoms with Crippen molar-refractivity contribution < 1.29 is 23.1 Å². The molecule has 2 aromatic heterocycles. The Hall–Kier alpha value is -4.05. The summed E-state index contributed by atoms with van der Waals surface area (Å²) >= 11 is 0. The molecule has 10 heteroatoms. The first kappa shape index (κ1) is 23.7. The quantitative estimate of drug-likeness (QED) is 0.460. The molecule has 1 saturated heterocycles. The molecule has 4 aromatic rings. The van der Waals surface area contributed by atoms with Crippen LogP contribution in [0.4, 0.5) is 13.2 Å². The van der Waals surface area contributed by atoms with Crippen LogP contribution < -0.4 is 5.56 Å². The third-order valence-corrected chi connectivity index (χ3v) is 6.18. The summed E-state index contributed by atoms with van der Waals surface area (Å²) in [6, 6.07) is 10.0. The molecular formula is C26H21F3N4O3. The fraction of sp³-hybridized carbons (Fsp3) is 0.231. The van der Waals surface area contributed by atoms with Gasteiger partial charge in [0.2, 0.25) is 5.91 Å². The Morgan fingerprint density at radius 1 is 1.06 bits per heavy atom. The number of β-amino-alcohol motifs (C(OH)–C–C–N with tert-alkyl or cyclic N) is 1. The van der Waals surface area contributed by atoms with Gasteiger partial charge in [-0.1, -0.05) is 6.07 Å². The van der Waals surface area contributed by atoms with Gasteiger partial charge in [0, 0.05) is 42.9 Å². The van der Waals surface area contributed by atoms with Crippen LogP contribution in [0.15, 0.2) is 53.3 Å². The monoisotopic (exact) mass is 494 g/mol. The Balaban J connectivity index is 1.71. The lowest BCUT2D eigenvalue weighted by Crippen LogP contribution is -2.53. The first-order chi connectivity index (χ1) is 17.2. The summed E-state index contributed by atoms with van der Waals surface area (Å²) in [5.74, 6) is -2.37. The molecule has 36 heavy (non-hydrogen) atoms. The zero-order valence-electron chi connectivity index (χ0n) is 19.2. The maximum atomic E-state index is 14.7. The van der Waals surface area contributed by atoms with Gasteiger partial charge in [0.15, 0.2) is 5.65 Å². The van der Waals surface area contributed by atoms with Crippen molar-refractivity contribution in [1.29, 1.82) is 0 Å². The second-order valence-corrected chi connectivity index (χ2v) is 8.71. The highest BCUT2D eigenvalue weighted by Gasteiger charge is 2.28. The minimum absolute atomic E-state index is 0.0329. The van der Waals surface area contributed by atoms with E-state index in [9.17, 15) is 27.9 Å². The van der Waals surface area contributed by atoms with Gasteiger partial charge in [-0.2, -0.15) is 0 Å². The van der Waals surface area contributed by atoms with E-state index in [4.69, 9.17) is 0 Å². The van der Waals surface area contributed by atoms with Crippen molar-refractivity contribution in [2.24, 2.45) is 0 Å². The van der Waals surface area contributed by atoms with Crippen LogP contribution in [-0.2, 0) is 11.2 Å². The summed E-state index contributed by atoms with van der Waals surface area (Å²) in [7, 11) is 0. The first-order valence-electron chi connectivity index (χ1n) is 11.3. The number of aryl methyl sites for hydroxylation is 2. The number of fused-ring (bicyclic) bond motifs is 1. The normalized spacial score (nSPS) is 13.8. The van der Waals surface area contributed by atoms with Gasteiger partial charge in [-0.3, -0.25) is 14.2 Å². The zero-order valence-corrected chi connectivity index (χ0v) is 19.2. The lowest BCUT2D eigenvalue weighted by atomic mass is 10.0.